The van der Waals surface area contributed by atoms with Crippen molar-refractivity contribution in [2.24, 2.45) is 5.92 Å². The minimum atomic E-state index is -0.908. The molecule has 0 bridgehead atoms. The SMILES string of the molecule is C=CC(CO)CC(=O)O. The zero-order valence-corrected chi connectivity index (χ0v) is 5.08. The van der Waals surface area contributed by atoms with Crippen LogP contribution in [-0.2, 0) is 4.79 Å². The number of carboxylic acid groups (broad SMARTS) is 1. The van der Waals surface area contributed by atoms with Crippen molar-refractivity contribution in [1.29, 1.82) is 0 Å². The molecular weight excluding hydrogens is 120 g/mol. The molecule has 0 rings (SSSR count). The number of carbonyl (C=O) groups is 1. The Morgan fingerprint density at radius 3 is 2.44 bits per heavy atom. The maximum absolute atomic E-state index is 9.97. The van der Waals surface area contributed by atoms with Crippen molar-refractivity contribution in [1.82, 2.24) is 0 Å². The molecule has 0 aliphatic heterocycles. The summed E-state index contributed by atoms with van der Waals surface area (Å²) >= 11 is 0. The first kappa shape index (κ1) is 8.17. The second-order valence-corrected chi connectivity index (χ2v) is 1.78. The highest BCUT2D eigenvalue weighted by Gasteiger charge is 2.06. The molecular formula is C6H10O3. The fourth-order valence-electron chi connectivity index (χ4n) is 0.447. The summed E-state index contributed by atoms with van der Waals surface area (Å²) < 4.78 is 0. The lowest BCUT2D eigenvalue weighted by Crippen LogP contribution is -2.08. The van der Waals surface area contributed by atoms with Gasteiger partial charge in [-0.25, -0.2) is 0 Å². The monoisotopic (exact) mass is 130 g/mol. The highest BCUT2D eigenvalue weighted by atomic mass is 16.4. The van der Waals surface area contributed by atoms with Crippen LogP contribution in [0.5, 0.6) is 0 Å². The molecule has 0 aliphatic rings. The Bertz CT molecular complexity index is 109. The van der Waals surface area contributed by atoms with Crippen molar-refractivity contribution in [2.75, 3.05) is 6.61 Å². The van der Waals surface area contributed by atoms with Crippen LogP contribution in [0.15, 0.2) is 12.7 Å². The van der Waals surface area contributed by atoms with Crippen molar-refractivity contribution in [2.45, 2.75) is 6.42 Å². The van der Waals surface area contributed by atoms with Crippen LogP contribution in [0.4, 0.5) is 0 Å². The highest BCUT2D eigenvalue weighted by Crippen LogP contribution is 2.01. The molecule has 0 radical (unpaired) electrons. The molecule has 0 saturated carbocycles. The zero-order valence-electron chi connectivity index (χ0n) is 5.08. The van der Waals surface area contributed by atoms with Gasteiger partial charge >= 0.3 is 5.97 Å². The van der Waals surface area contributed by atoms with Gasteiger partial charge in [0.25, 0.3) is 0 Å². The zero-order chi connectivity index (χ0) is 7.28. The lowest BCUT2D eigenvalue weighted by molar-refractivity contribution is -0.138. The van der Waals surface area contributed by atoms with E-state index < -0.39 is 5.97 Å². The van der Waals surface area contributed by atoms with Gasteiger partial charge in [0.2, 0.25) is 0 Å². The third-order valence-corrected chi connectivity index (χ3v) is 1.00. The van der Waals surface area contributed by atoms with Crippen LogP contribution < -0.4 is 0 Å². The van der Waals surface area contributed by atoms with E-state index in [-0.39, 0.29) is 18.9 Å². The normalized spacial score (nSPS) is 12.6. The van der Waals surface area contributed by atoms with Gasteiger partial charge in [-0.15, -0.1) is 6.58 Å². The number of rotatable bonds is 4. The van der Waals surface area contributed by atoms with Crippen LogP contribution in [0.3, 0.4) is 0 Å². The maximum Gasteiger partial charge on any atom is 0.304 e. The molecule has 0 saturated heterocycles. The van der Waals surface area contributed by atoms with Crippen LogP contribution in [-0.4, -0.2) is 22.8 Å². The molecule has 3 heteroatoms. The van der Waals surface area contributed by atoms with Crippen LogP contribution in [0.2, 0.25) is 0 Å². The van der Waals surface area contributed by atoms with E-state index in [1.807, 2.05) is 0 Å². The Hall–Kier alpha value is -0.830. The average Bonchev–Trinajstić information content (AvgIpc) is 1.82. The van der Waals surface area contributed by atoms with Gasteiger partial charge in [-0.2, -0.15) is 0 Å². The van der Waals surface area contributed by atoms with Gasteiger partial charge in [-0.1, -0.05) is 6.08 Å². The topological polar surface area (TPSA) is 57.5 Å². The average molecular weight is 130 g/mol. The van der Waals surface area contributed by atoms with Crippen molar-refractivity contribution < 1.29 is 15.0 Å². The predicted octanol–water partition coefficient (Wildman–Crippen LogP) is 0.256. The van der Waals surface area contributed by atoms with Crippen molar-refractivity contribution in [3.8, 4) is 0 Å². The standard InChI is InChI=1S/C6H10O3/c1-2-5(4-7)3-6(8)9/h2,5,7H,1,3-4H2,(H,8,9). The third-order valence-electron chi connectivity index (χ3n) is 1.00. The van der Waals surface area contributed by atoms with E-state index in [2.05, 4.69) is 6.58 Å². The van der Waals surface area contributed by atoms with Crippen molar-refractivity contribution >= 4 is 5.97 Å². The molecule has 2 N–H and O–H groups in total. The van der Waals surface area contributed by atoms with Gasteiger partial charge in [0.15, 0.2) is 0 Å². The Morgan fingerprint density at radius 1 is 1.78 bits per heavy atom. The number of carboxylic acids is 1. The van der Waals surface area contributed by atoms with E-state index in [0.717, 1.165) is 0 Å². The highest BCUT2D eigenvalue weighted by molar-refractivity contribution is 5.67. The first-order valence-corrected chi connectivity index (χ1v) is 2.66. The number of aliphatic hydroxyl groups is 1. The minimum Gasteiger partial charge on any atom is -0.481 e. The number of hydrogen-bond donors (Lipinski definition) is 2. The minimum absolute atomic E-state index is 0.0417. The second-order valence-electron chi connectivity index (χ2n) is 1.78. The summed E-state index contributed by atoms with van der Waals surface area (Å²) in [5.41, 5.74) is 0. The van der Waals surface area contributed by atoms with Crippen molar-refractivity contribution in [3.05, 3.63) is 12.7 Å². The van der Waals surface area contributed by atoms with E-state index in [0.29, 0.717) is 0 Å². The molecule has 0 amide bonds. The number of aliphatic carboxylic acids is 1. The Labute approximate surface area is 53.6 Å². The molecule has 0 spiro atoms. The lowest BCUT2D eigenvalue weighted by atomic mass is 10.1. The van der Waals surface area contributed by atoms with E-state index in [1.54, 1.807) is 0 Å². The van der Waals surface area contributed by atoms with E-state index in [4.69, 9.17) is 10.2 Å². The number of aliphatic hydroxyl groups excluding tert-OH is 1. The van der Waals surface area contributed by atoms with E-state index >= 15 is 0 Å². The quantitative estimate of drug-likeness (QED) is 0.536. The third kappa shape index (κ3) is 3.73. The smallest absolute Gasteiger partial charge is 0.304 e. The molecule has 3 nitrogen and oxygen atoms in total. The molecule has 1 atom stereocenters. The molecule has 1 unspecified atom stereocenters. The summed E-state index contributed by atoms with van der Waals surface area (Å²) in [5.74, 6) is -1.21. The summed E-state index contributed by atoms with van der Waals surface area (Å²) in [6, 6.07) is 0. The summed E-state index contributed by atoms with van der Waals surface area (Å²) in [4.78, 5) is 9.97. The largest absolute Gasteiger partial charge is 0.481 e. The summed E-state index contributed by atoms with van der Waals surface area (Å²) in [6.07, 6.45) is 1.40. The van der Waals surface area contributed by atoms with Gasteiger partial charge < -0.3 is 10.2 Å². The molecule has 0 fully saturated rings. The second kappa shape index (κ2) is 4.09. The first-order valence-electron chi connectivity index (χ1n) is 2.66. The Balaban J connectivity index is 3.55. The van der Waals surface area contributed by atoms with Gasteiger partial charge in [0, 0.05) is 12.5 Å². The first-order chi connectivity index (χ1) is 4.20. The molecule has 0 aromatic rings. The van der Waals surface area contributed by atoms with E-state index in [9.17, 15) is 4.79 Å². The summed E-state index contributed by atoms with van der Waals surface area (Å²) in [5, 5.41) is 16.6. The summed E-state index contributed by atoms with van der Waals surface area (Å²) in [6.45, 7) is 3.22. The van der Waals surface area contributed by atoms with Gasteiger partial charge in [-0.05, 0) is 0 Å². The Kier molecular flexibility index (Phi) is 3.71. The summed E-state index contributed by atoms with van der Waals surface area (Å²) in [7, 11) is 0. The van der Waals surface area contributed by atoms with Crippen LogP contribution in [0, 0.1) is 5.92 Å². The van der Waals surface area contributed by atoms with E-state index in [1.165, 1.54) is 6.08 Å². The Morgan fingerprint density at radius 2 is 2.33 bits per heavy atom. The van der Waals surface area contributed by atoms with Gasteiger partial charge in [0.1, 0.15) is 0 Å². The lowest BCUT2D eigenvalue weighted by Gasteiger charge is -2.02. The van der Waals surface area contributed by atoms with Gasteiger partial charge in [0.05, 0.1) is 6.42 Å². The molecule has 0 aliphatic carbocycles. The molecule has 9 heavy (non-hydrogen) atoms. The molecule has 52 valence electrons. The fraction of sp³-hybridized carbons (Fsp3) is 0.500. The molecule has 0 heterocycles. The van der Waals surface area contributed by atoms with Gasteiger partial charge in [-0.3, -0.25) is 4.79 Å². The molecule has 0 aromatic carbocycles. The predicted molar refractivity (Wildman–Crippen MR) is 33.0 cm³/mol. The van der Waals surface area contributed by atoms with Crippen LogP contribution in [0.25, 0.3) is 0 Å². The van der Waals surface area contributed by atoms with Crippen LogP contribution in [0.1, 0.15) is 6.42 Å². The number of hydrogen-bond acceptors (Lipinski definition) is 2. The maximum atomic E-state index is 9.97. The van der Waals surface area contributed by atoms with Crippen LogP contribution >= 0.6 is 0 Å². The van der Waals surface area contributed by atoms with Crippen molar-refractivity contribution in [3.63, 3.8) is 0 Å². The fourth-order valence-corrected chi connectivity index (χ4v) is 0.447. The molecule has 0 aromatic heterocycles.